The Morgan fingerprint density at radius 1 is 1.44 bits per heavy atom. The maximum atomic E-state index is 5.94. The molecule has 0 spiro atoms. The molecule has 1 fully saturated rings. The van der Waals surface area contributed by atoms with Crippen LogP contribution in [0, 0.1) is 6.92 Å². The van der Waals surface area contributed by atoms with Gasteiger partial charge in [0.25, 0.3) is 0 Å². The summed E-state index contributed by atoms with van der Waals surface area (Å²) in [5.41, 5.74) is 9.16. The lowest BCUT2D eigenvalue weighted by Crippen LogP contribution is -2.39. The van der Waals surface area contributed by atoms with Gasteiger partial charge in [0.05, 0.1) is 6.10 Å². The molecule has 0 aromatic heterocycles. The largest absolute Gasteiger partial charge is 0.398 e. The first-order valence-electron chi connectivity index (χ1n) is 5.84. The van der Waals surface area contributed by atoms with Crippen LogP contribution in [0.25, 0.3) is 0 Å². The number of ether oxygens (including phenoxy) is 1. The minimum Gasteiger partial charge on any atom is -0.398 e. The number of aryl methyl sites for hydroxylation is 1. The predicted octanol–water partition coefficient (Wildman–Crippen LogP) is 2.19. The lowest BCUT2D eigenvalue weighted by molar-refractivity contribution is 0.0893. The summed E-state index contributed by atoms with van der Waals surface area (Å²) in [7, 11) is 1.79. The van der Waals surface area contributed by atoms with Crippen molar-refractivity contribution in [3.05, 3.63) is 23.8 Å². The van der Waals surface area contributed by atoms with Crippen LogP contribution in [0.4, 0.5) is 11.4 Å². The van der Waals surface area contributed by atoms with Gasteiger partial charge in [-0.3, -0.25) is 0 Å². The van der Waals surface area contributed by atoms with Crippen LogP contribution in [0.2, 0.25) is 0 Å². The number of benzene rings is 1. The molecule has 1 unspecified atom stereocenters. The van der Waals surface area contributed by atoms with Gasteiger partial charge < -0.3 is 15.4 Å². The zero-order valence-electron chi connectivity index (χ0n) is 10.1. The van der Waals surface area contributed by atoms with Crippen molar-refractivity contribution in [1.29, 1.82) is 0 Å². The van der Waals surface area contributed by atoms with E-state index in [0.717, 1.165) is 30.8 Å². The second kappa shape index (κ2) is 4.74. The molecule has 1 atom stereocenters. The van der Waals surface area contributed by atoms with Crippen LogP contribution in [0.15, 0.2) is 18.2 Å². The molecule has 2 N–H and O–H groups in total. The summed E-state index contributed by atoms with van der Waals surface area (Å²) in [5.74, 6) is 0. The lowest BCUT2D eigenvalue weighted by Gasteiger charge is -2.33. The van der Waals surface area contributed by atoms with E-state index in [1.807, 2.05) is 6.92 Å². The number of rotatable bonds is 2. The van der Waals surface area contributed by atoms with Crippen molar-refractivity contribution in [3.63, 3.8) is 0 Å². The summed E-state index contributed by atoms with van der Waals surface area (Å²) in [6, 6.07) is 6.29. The fourth-order valence-corrected chi connectivity index (χ4v) is 2.19. The first kappa shape index (κ1) is 11.3. The van der Waals surface area contributed by atoms with Gasteiger partial charge in [-0.1, -0.05) is 6.07 Å². The van der Waals surface area contributed by atoms with Gasteiger partial charge in [-0.15, -0.1) is 0 Å². The molecule has 0 aliphatic carbocycles. The number of hydrogen-bond acceptors (Lipinski definition) is 3. The van der Waals surface area contributed by atoms with Crippen molar-refractivity contribution in [2.24, 2.45) is 0 Å². The molecule has 0 bridgehead atoms. The predicted molar refractivity (Wildman–Crippen MR) is 67.8 cm³/mol. The van der Waals surface area contributed by atoms with Crippen molar-refractivity contribution < 1.29 is 4.74 Å². The molecular weight excluding hydrogens is 200 g/mol. The van der Waals surface area contributed by atoms with Crippen molar-refractivity contribution in [2.45, 2.75) is 25.9 Å². The van der Waals surface area contributed by atoms with Gasteiger partial charge in [0, 0.05) is 31.6 Å². The molecule has 1 saturated heterocycles. The number of nitrogen functional groups attached to an aromatic ring is 1. The molecule has 16 heavy (non-hydrogen) atoms. The van der Waals surface area contributed by atoms with Crippen LogP contribution >= 0.6 is 0 Å². The molecule has 1 aromatic rings. The zero-order valence-corrected chi connectivity index (χ0v) is 10.1. The third-order valence-corrected chi connectivity index (χ3v) is 3.34. The minimum absolute atomic E-state index is 0.358. The standard InChI is InChI=1S/C13H20N2O/c1-10-5-6-11(8-13(10)14)15-7-3-4-12(9-15)16-2/h5-6,8,12H,3-4,7,9,14H2,1-2H3. The van der Waals surface area contributed by atoms with Gasteiger partial charge in [0.1, 0.15) is 0 Å². The van der Waals surface area contributed by atoms with Crippen molar-refractivity contribution in [2.75, 3.05) is 30.8 Å². The Balaban J connectivity index is 2.13. The van der Waals surface area contributed by atoms with E-state index in [0.29, 0.717) is 6.10 Å². The molecule has 88 valence electrons. The number of anilines is 2. The summed E-state index contributed by atoms with van der Waals surface area (Å²) < 4.78 is 5.42. The molecule has 1 aromatic carbocycles. The molecule has 3 nitrogen and oxygen atoms in total. The van der Waals surface area contributed by atoms with Crippen LogP contribution in [-0.2, 0) is 4.74 Å². The molecule has 1 aliphatic rings. The number of nitrogens with two attached hydrogens (primary N) is 1. The van der Waals surface area contributed by atoms with E-state index >= 15 is 0 Å². The fraction of sp³-hybridized carbons (Fsp3) is 0.538. The maximum Gasteiger partial charge on any atom is 0.0746 e. The molecule has 1 aliphatic heterocycles. The van der Waals surface area contributed by atoms with Crippen LogP contribution in [-0.4, -0.2) is 26.3 Å². The number of piperidine rings is 1. The summed E-state index contributed by atoms with van der Waals surface area (Å²) >= 11 is 0. The summed E-state index contributed by atoms with van der Waals surface area (Å²) in [5, 5.41) is 0. The molecule has 0 radical (unpaired) electrons. The summed E-state index contributed by atoms with van der Waals surface area (Å²) in [6.07, 6.45) is 2.71. The van der Waals surface area contributed by atoms with E-state index in [9.17, 15) is 0 Å². The Kier molecular flexibility index (Phi) is 3.34. The van der Waals surface area contributed by atoms with Crippen molar-refractivity contribution in [3.8, 4) is 0 Å². The average molecular weight is 220 g/mol. The smallest absolute Gasteiger partial charge is 0.0746 e. The van der Waals surface area contributed by atoms with Crippen LogP contribution in [0.3, 0.4) is 0 Å². The monoisotopic (exact) mass is 220 g/mol. The van der Waals surface area contributed by atoms with Crippen molar-refractivity contribution in [1.82, 2.24) is 0 Å². The lowest BCUT2D eigenvalue weighted by atomic mass is 10.1. The van der Waals surface area contributed by atoms with Crippen LogP contribution in [0.1, 0.15) is 18.4 Å². The average Bonchev–Trinajstić information content (AvgIpc) is 2.33. The summed E-state index contributed by atoms with van der Waals surface area (Å²) in [6.45, 7) is 4.11. The Bertz CT molecular complexity index is 365. The second-order valence-corrected chi connectivity index (χ2v) is 4.49. The molecule has 0 saturated carbocycles. The van der Waals surface area contributed by atoms with Crippen molar-refractivity contribution >= 4 is 11.4 Å². The first-order chi connectivity index (χ1) is 7.70. The Morgan fingerprint density at radius 2 is 2.25 bits per heavy atom. The van der Waals surface area contributed by atoms with Gasteiger partial charge in [-0.25, -0.2) is 0 Å². The Morgan fingerprint density at radius 3 is 2.94 bits per heavy atom. The maximum absolute atomic E-state index is 5.94. The quantitative estimate of drug-likeness (QED) is 0.776. The second-order valence-electron chi connectivity index (χ2n) is 4.49. The summed E-state index contributed by atoms with van der Waals surface area (Å²) in [4.78, 5) is 2.35. The number of methoxy groups -OCH3 is 1. The zero-order chi connectivity index (χ0) is 11.5. The SMILES string of the molecule is COC1CCCN(c2ccc(C)c(N)c2)C1. The normalized spacial score (nSPS) is 21.1. The fourth-order valence-electron chi connectivity index (χ4n) is 2.19. The van der Waals surface area contributed by atoms with Gasteiger partial charge >= 0.3 is 0 Å². The van der Waals surface area contributed by atoms with E-state index in [4.69, 9.17) is 10.5 Å². The minimum atomic E-state index is 0.358. The van der Waals surface area contributed by atoms with Gasteiger partial charge in [0.15, 0.2) is 0 Å². The van der Waals surface area contributed by atoms with Crippen LogP contribution in [0.5, 0.6) is 0 Å². The molecule has 0 amide bonds. The number of nitrogens with zero attached hydrogens (tertiary/aromatic N) is 1. The first-order valence-corrected chi connectivity index (χ1v) is 5.84. The Hall–Kier alpha value is -1.22. The van der Waals surface area contributed by atoms with E-state index in [1.54, 1.807) is 7.11 Å². The van der Waals surface area contributed by atoms with Gasteiger partial charge in [-0.05, 0) is 37.5 Å². The molecule has 1 heterocycles. The van der Waals surface area contributed by atoms with Crippen LogP contribution < -0.4 is 10.6 Å². The highest BCUT2D eigenvalue weighted by molar-refractivity contribution is 5.59. The third-order valence-electron chi connectivity index (χ3n) is 3.34. The molecular formula is C13H20N2O. The van der Waals surface area contributed by atoms with E-state index in [1.165, 1.54) is 12.1 Å². The Labute approximate surface area is 97.2 Å². The number of hydrogen-bond donors (Lipinski definition) is 1. The molecule has 2 rings (SSSR count). The highest BCUT2D eigenvalue weighted by atomic mass is 16.5. The third kappa shape index (κ3) is 2.30. The topological polar surface area (TPSA) is 38.5 Å². The van der Waals surface area contributed by atoms with Gasteiger partial charge in [0.2, 0.25) is 0 Å². The van der Waals surface area contributed by atoms with Gasteiger partial charge in [-0.2, -0.15) is 0 Å². The van der Waals surface area contributed by atoms with E-state index < -0.39 is 0 Å². The van der Waals surface area contributed by atoms with E-state index in [2.05, 4.69) is 23.1 Å². The highest BCUT2D eigenvalue weighted by Crippen LogP contribution is 2.24. The van der Waals surface area contributed by atoms with E-state index in [-0.39, 0.29) is 0 Å². The molecule has 3 heteroatoms. The highest BCUT2D eigenvalue weighted by Gasteiger charge is 2.19.